The molecule has 7 nitrogen and oxygen atoms in total. The Kier molecular flexibility index (Phi) is 4.57. The van der Waals surface area contributed by atoms with Crippen molar-refractivity contribution < 1.29 is 8.83 Å². The number of benzene rings is 1. The Balaban J connectivity index is 1.50. The van der Waals surface area contributed by atoms with Gasteiger partial charge in [0.1, 0.15) is 11.6 Å². The van der Waals surface area contributed by atoms with Crippen LogP contribution in [0.2, 0.25) is 0 Å². The minimum absolute atomic E-state index is 0.536. The molecule has 0 spiro atoms. The van der Waals surface area contributed by atoms with Crippen LogP contribution in [0.25, 0.3) is 11.3 Å². The van der Waals surface area contributed by atoms with Gasteiger partial charge in [-0.05, 0) is 43.3 Å². The molecule has 7 heteroatoms. The van der Waals surface area contributed by atoms with Crippen LogP contribution in [0.3, 0.4) is 0 Å². The summed E-state index contributed by atoms with van der Waals surface area (Å²) in [6.07, 6.45) is 6.59. The number of hydrogen-bond donors (Lipinski definition) is 1. The van der Waals surface area contributed by atoms with E-state index in [0.717, 1.165) is 34.2 Å². The van der Waals surface area contributed by atoms with Crippen molar-refractivity contribution in [2.75, 3.05) is 17.3 Å². The average Bonchev–Trinajstić information content (AvgIpc) is 3.38. The summed E-state index contributed by atoms with van der Waals surface area (Å²) in [5.41, 5.74) is 2.85. The van der Waals surface area contributed by atoms with Crippen molar-refractivity contribution in [1.29, 1.82) is 0 Å². The first-order valence-corrected chi connectivity index (χ1v) is 8.52. The first kappa shape index (κ1) is 16.8. The van der Waals surface area contributed by atoms with Crippen LogP contribution < -0.4 is 10.2 Å². The van der Waals surface area contributed by atoms with E-state index in [4.69, 9.17) is 8.83 Å². The lowest BCUT2D eigenvalue weighted by Crippen LogP contribution is -2.19. The Morgan fingerprint density at radius 1 is 1.07 bits per heavy atom. The molecule has 4 aromatic rings. The maximum Gasteiger partial charge on any atom is 0.229 e. The summed E-state index contributed by atoms with van der Waals surface area (Å²) < 4.78 is 10.7. The predicted molar refractivity (Wildman–Crippen MR) is 103 cm³/mol. The van der Waals surface area contributed by atoms with Crippen LogP contribution in [-0.2, 0) is 6.54 Å². The molecule has 4 rings (SSSR count). The third-order valence-corrected chi connectivity index (χ3v) is 4.14. The van der Waals surface area contributed by atoms with Gasteiger partial charge >= 0.3 is 0 Å². The molecular weight excluding hydrogens is 342 g/mol. The number of nitrogens with one attached hydrogen (secondary N) is 1. The second-order valence-corrected chi connectivity index (χ2v) is 6.20. The summed E-state index contributed by atoms with van der Waals surface area (Å²) in [6, 6.07) is 11.6. The number of aryl methyl sites for hydroxylation is 1. The van der Waals surface area contributed by atoms with Crippen molar-refractivity contribution in [2.24, 2.45) is 0 Å². The highest BCUT2D eigenvalue weighted by atomic mass is 16.3. The summed E-state index contributed by atoms with van der Waals surface area (Å²) >= 11 is 0. The first-order valence-electron chi connectivity index (χ1n) is 8.52. The van der Waals surface area contributed by atoms with Crippen LogP contribution >= 0.6 is 0 Å². The first-order chi connectivity index (χ1) is 13.2. The molecule has 1 aromatic carbocycles. The van der Waals surface area contributed by atoms with Crippen molar-refractivity contribution in [3.05, 3.63) is 72.8 Å². The molecule has 27 heavy (non-hydrogen) atoms. The monoisotopic (exact) mass is 361 g/mol. The Morgan fingerprint density at radius 3 is 2.63 bits per heavy atom. The highest BCUT2D eigenvalue weighted by Crippen LogP contribution is 2.24. The molecule has 0 radical (unpaired) electrons. The molecule has 0 aliphatic carbocycles. The van der Waals surface area contributed by atoms with E-state index >= 15 is 0 Å². The maximum atomic E-state index is 5.42. The Labute approximate surface area is 156 Å². The van der Waals surface area contributed by atoms with Gasteiger partial charge in [0.25, 0.3) is 0 Å². The van der Waals surface area contributed by atoms with Gasteiger partial charge in [0.15, 0.2) is 12.2 Å². The lowest BCUT2D eigenvalue weighted by molar-refractivity contribution is 0.507. The van der Waals surface area contributed by atoms with Crippen LogP contribution in [0.5, 0.6) is 0 Å². The predicted octanol–water partition coefficient (Wildman–Crippen LogP) is 4.41. The Morgan fingerprint density at radius 2 is 1.93 bits per heavy atom. The molecule has 3 aromatic heterocycles. The van der Waals surface area contributed by atoms with Crippen molar-refractivity contribution >= 4 is 17.5 Å². The minimum Gasteiger partial charge on any atom is -0.467 e. The molecule has 1 N–H and O–H groups in total. The molecule has 136 valence electrons. The standard InChI is InChI=1S/C20H19N5O2/c1-14-10-22-20(24-19(14)25(2)12-17-4-3-9-26-17)23-16-7-5-15(6-8-16)18-11-21-13-27-18/h3-11,13H,12H2,1-2H3,(H,22,23,24). The van der Waals surface area contributed by atoms with Crippen LogP contribution in [0.15, 0.2) is 70.3 Å². The molecule has 0 aliphatic rings. The minimum atomic E-state index is 0.536. The van der Waals surface area contributed by atoms with E-state index in [1.807, 2.05) is 61.5 Å². The molecule has 0 bridgehead atoms. The van der Waals surface area contributed by atoms with E-state index < -0.39 is 0 Å². The molecule has 0 atom stereocenters. The highest BCUT2D eigenvalue weighted by Gasteiger charge is 2.11. The molecule has 3 heterocycles. The van der Waals surface area contributed by atoms with Gasteiger partial charge < -0.3 is 19.1 Å². The second kappa shape index (κ2) is 7.33. The molecule has 0 fully saturated rings. The quantitative estimate of drug-likeness (QED) is 0.545. The zero-order valence-corrected chi connectivity index (χ0v) is 15.1. The maximum absolute atomic E-state index is 5.42. The lowest BCUT2D eigenvalue weighted by Gasteiger charge is -2.19. The summed E-state index contributed by atoms with van der Waals surface area (Å²) in [4.78, 5) is 15.0. The SMILES string of the molecule is Cc1cnc(Nc2ccc(-c3cnco3)cc2)nc1N(C)Cc1ccco1. The topological polar surface area (TPSA) is 80.2 Å². The van der Waals surface area contributed by atoms with Crippen molar-refractivity contribution in [3.8, 4) is 11.3 Å². The van der Waals surface area contributed by atoms with Gasteiger partial charge in [0, 0.05) is 30.1 Å². The fraction of sp³-hybridized carbons (Fsp3) is 0.150. The Bertz CT molecular complexity index is 996. The van der Waals surface area contributed by atoms with Crippen molar-refractivity contribution in [3.63, 3.8) is 0 Å². The number of furan rings is 1. The molecule has 0 aliphatic heterocycles. The molecular formula is C20H19N5O2. The molecule has 0 amide bonds. The van der Waals surface area contributed by atoms with Gasteiger partial charge in [-0.1, -0.05) is 0 Å². The fourth-order valence-corrected chi connectivity index (χ4v) is 2.80. The smallest absolute Gasteiger partial charge is 0.229 e. The van der Waals surface area contributed by atoms with E-state index in [9.17, 15) is 0 Å². The van der Waals surface area contributed by atoms with Crippen molar-refractivity contribution in [2.45, 2.75) is 13.5 Å². The number of rotatable bonds is 6. The number of aromatic nitrogens is 3. The number of hydrogen-bond acceptors (Lipinski definition) is 7. The third kappa shape index (κ3) is 3.82. The summed E-state index contributed by atoms with van der Waals surface area (Å²) in [7, 11) is 1.98. The Hall–Kier alpha value is -3.61. The van der Waals surface area contributed by atoms with Gasteiger partial charge in [0.05, 0.1) is 19.0 Å². The molecule has 0 saturated carbocycles. The average molecular weight is 361 g/mol. The highest BCUT2D eigenvalue weighted by molar-refractivity contribution is 5.63. The van der Waals surface area contributed by atoms with Crippen molar-refractivity contribution in [1.82, 2.24) is 15.0 Å². The number of nitrogens with zero attached hydrogens (tertiary/aromatic N) is 4. The zero-order chi connectivity index (χ0) is 18.6. The molecule has 0 saturated heterocycles. The van der Waals surface area contributed by atoms with E-state index in [1.165, 1.54) is 6.39 Å². The second-order valence-electron chi connectivity index (χ2n) is 6.20. The summed E-state index contributed by atoms with van der Waals surface area (Å²) in [5.74, 6) is 3.00. The van der Waals surface area contributed by atoms with E-state index in [1.54, 1.807) is 12.5 Å². The summed E-state index contributed by atoms with van der Waals surface area (Å²) in [5, 5.41) is 3.24. The number of oxazole rings is 1. The van der Waals surface area contributed by atoms with Crippen LogP contribution in [0, 0.1) is 6.92 Å². The van der Waals surface area contributed by atoms with Gasteiger partial charge in [-0.25, -0.2) is 9.97 Å². The normalized spacial score (nSPS) is 10.7. The zero-order valence-electron chi connectivity index (χ0n) is 15.1. The van der Waals surface area contributed by atoms with Gasteiger partial charge in [-0.2, -0.15) is 4.98 Å². The van der Waals surface area contributed by atoms with Gasteiger partial charge in [0.2, 0.25) is 5.95 Å². The van der Waals surface area contributed by atoms with Crippen LogP contribution in [0.4, 0.5) is 17.5 Å². The van der Waals surface area contributed by atoms with Gasteiger partial charge in [-0.3, -0.25) is 0 Å². The van der Waals surface area contributed by atoms with Gasteiger partial charge in [-0.15, -0.1) is 0 Å². The largest absolute Gasteiger partial charge is 0.467 e. The number of anilines is 3. The van der Waals surface area contributed by atoms with Crippen LogP contribution in [0.1, 0.15) is 11.3 Å². The van der Waals surface area contributed by atoms with E-state index in [2.05, 4.69) is 20.3 Å². The van der Waals surface area contributed by atoms with E-state index in [0.29, 0.717) is 12.5 Å². The fourth-order valence-electron chi connectivity index (χ4n) is 2.80. The molecule has 0 unspecified atom stereocenters. The third-order valence-electron chi connectivity index (χ3n) is 4.14. The van der Waals surface area contributed by atoms with E-state index in [-0.39, 0.29) is 0 Å². The summed E-state index contributed by atoms with van der Waals surface area (Å²) in [6.45, 7) is 2.63. The lowest BCUT2D eigenvalue weighted by atomic mass is 10.2. The van der Waals surface area contributed by atoms with Crippen LogP contribution in [-0.4, -0.2) is 22.0 Å².